The Morgan fingerprint density at radius 2 is 2.28 bits per heavy atom. The number of halogens is 2. The van der Waals surface area contributed by atoms with Crippen LogP contribution >= 0.6 is 27.5 Å². The molecule has 1 aromatic rings. The van der Waals surface area contributed by atoms with Crippen LogP contribution in [0.2, 0.25) is 5.02 Å². The standard InChI is InChI=1S/C14H15BrClNO/c1-9-3-2-4-10(14(9)18)8-17-11-5-6-12(15)13(16)7-11/h5-9,17H,2-4H2,1H3/b10-8-/t9-/m0/s1. The molecule has 1 aromatic carbocycles. The Hall–Kier alpha value is -0.800. The van der Waals surface area contributed by atoms with Gasteiger partial charge in [0.2, 0.25) is 0 Å². The monoisotopic (exact) mass is 327 g/mol. The number of Topliss-reactive ketones (excluding diaryl/α,β-unsaturated/α-hetero) is 1. The van der Waals surface area contributed by atoms with Crippen LogP contribution in [0, 0.1) is 5.92 Å². The van der Waals surface area contributed by atoms with Gasteiger partial charge in [-0.3, -0.25) is 4.79 Å². The normalized spacial score (nSPS) is 22.3. The molecule has 96 valence electrons. The highest BCUT2D eigenvalue weighted by molar-refractivity contribution is 9.10. The molecule has 1 saturated carbocycles. The fourth-order valence-corrected chi connectivity index (χ4v) is 2.50. The minimum atomic E-state index is 0.153. The summed E-state index contributed by atoms with van der Waals surface area (Å²) >= 11 is 9.36. The Bertz CT molecular complexity index is 499. The van der Waals surface area contributed by atoms with Crippen LogP contribution in [-0.2, 0) is 4.79 Å². The second kappa shape index (κ2) is 5.89. The average Bonchev–Trinajstić information content (AvgIpc) is 2.35. The lowest BCUT2D eigenvalue weighted by molar-refractivity contribution is -0.119. The lowest BCUT2D eigenvalue weighted by Crippen LogP contribution is -2.19. The van der Waals surface area contributed by atoms with Crippen LogP contribution in [0.4, 0.5) is 5.69 Å². The highest BCUT2D eigenvalue weighted by atomic mass is 79.9. The molecule has 0 unspecified atom stereocenters. The van der Waals surface area contributed by atoms with E-state index in [0.717, 1.165) is 35.0 Å². The van der Waals surface area contributed by atoms with Gasteiger partial charge >= 0.3 is 0 Å². The minimum absolute atomic E-state index is 0.153. The number of ketones is 1. The van der Waals surface area contributed by atoms with Crippen LogP contribution in [0.25, 0.3) is 0 Å². The summed E-state index contributed by atoms with van der Waals surface area (Å²) in [5.41, 5.74) is 1.77. The number of benzene rings is 1. The molecule has 18 heavy (non-hydrogen) atoms. The number of hydrogen-bond acceptors (Lipinski definition) is 2. The number of carbonyl (C=O) groups is 1. The van der Waals surface area contributed by atoms with Crippen LogP contribution in [0.5, 0.6) is 0 Å². The summed E-state index contributed by atoms with van der Waals surface area (Å²) < 4.78 is 0.865. The third-order valence-corrected chi connectivity index (χ3v) is 4.41. The lowest BCUT2D eigenvalue weighted by atomic mass is 9.86. The molecule has 1 aliphatic rings. The van der Waals surface area contributed by atoms with Gasteiger partial charge in [-0.2, -0.15) is 0 Å². The Balaban J connectivity index is 2.09. The highest BCUT2D eigenvalue weighted by Gasteiger charge is 2.22. The largest absolute Gasteiger partial charge is 0.361 e. The number of allylic oxidation sites excluding steroid dienone is 1. The van der Waals surface area contributed by atoms with E-state index in [2.05, 4.69) is 21.2 Å². The number of nitrogens with one attached hydrogen (secondary N) is 1. The molecular weight excluding hydrogens is 314 g/mol. The van der Waals surface area contributed by atoms with Crippen molar-refractivity contribution in [3.05, 3.63) is 39.5 Å². The van der Waals surface area contributed by atoms with Crippen LogP contribution in [0.15, 0.2) is 34.4 Å². The van der Waals surface area contributed by atoms with Gasteiger partial charge in [-0.1, -0.05) is 18.5 Å². The van der Waals surface area contributed by atoms with Gasteiger partial charge < -0.3 is 5.32 Å². The Kier molecular flexibility index (Phi) is 4.46. The quantitative estimate of drug-likeness (QED) is 0.791. The Morgan fingerprint density at radius 1 is 1.50 bits per heavy atom. The van der Waals surface area contributed by atoms with Crippen molar-refractivity contribution in [2.45, 2.75) is 26.2 Å². The fourth-order valence-electron chi connectivity index (χ4n) is 2.07. The molecule has 1 atom stereocenters. The van der Waals surface area contributed by atoms with E-state index in [1.165, 1.54) is 0 Å². The first-order valence-electron chi connectivity index (χ1n) is 6.03. The first kappa shape index (κ1) is 13.6. The van der Waals surface area contributed by atoms with Gasteiger partial charge in [0.1, 0.15) is 0 Å². The predicted octanol–water partition coefficient (Wildman–Crippen LogP) is 4.79. The first-order chi connectivity index (χ1) is 8.58. The van der Waals surface area contributed by atoms with Crippen molar-refractivity contribution in [1.82, 2.24) is 0 Å². The third kappa shape index (κ3) is 3.15. The van der Waals surface area contributed by atoms with E-state index in [1.54, 1.807) is 0 Å². The fraction of sp³-hybridized carbons (Fsp3) is 0.357. The summed E-state index contributed by atoms with van der Waals surface area (Å²) in [6.45, 7) is 1.99. The van der Waals surface area contributed by atoms with Gasteiger partial charge in [0.15, 0.2) is 5.78 Å². The SMILES string of the molecule is C[C@H]1CCC/C(=C/Nc2ccc(Br)c(Cl)c2)C1=O. The van der Waals surface area contributed by atoms with E-state index in [-0.39, 0.29) is 11.7 Å². The number of rotatable bonds is 2. The molecule has 0 aromatic heterocycles. The third-order valence-electron chi connectivity index (χ3n) is 3.18. The van der Waals surface area contributed by atoms with Gasteiger partial charge in [-0.25, -0.2) is 0 Å². The van der Waals surface area contributed by atoms with Gasteiger partial charge in [0, 0.05) is 27.9 Å². The number of anilines is 1. The second-order valence-corrected chi connectivity index (χ2v) is 5.86. The van der Waals surface area contributed by atoms with Crippen molar-refractivity contribution < 1.29 is 4.79 Å². The van der Waals surface area contributed by atoms with Crippen molar-refractivity contribution >= 4 is 39.0 Å². The molecule has 0 heterocycles. The Morgan fingerprint density at radius 3 is 3.00 bits per heavy atom. The maximum absolute atomic E-state index is 11.9. The van der Waals surface area contributed by atoms with Crippen molar-refractivity contribution in [3.63, 3.8) is 0 Å². The second-order valence-electron chi connectivity index (χ2n) is 4.60. The Labute approximate surface area is 121 Å². The molecule has 2 nitrogen and oxygen atoms in total. The molecule has 1 fully saturated rings. The van der Waals surface area contributed by atoms with Gasteiger partial charge in [-0.15, -0.1) is 0 Å². The van der Waals surface area contributed by atoms with E-state index in [9.17, 15) is 4.79 Å². The summed E-state index contributed by atoms with van der Waals surface area (Å²) in [6.07, 6.45) is 4.76. The summed E-state index contributed by atoms with van der Waals surface area (Å²) in [5, 5.41) is 3.80. The zero-order chi connectivity index (χ0) is 13.1. The van der Waals surface area contributed by atoms with Gasteiger partial charge in [0.05, 0.1) is 5.02 Å². The molecule has 2 rings (SSSR count). The highest BCUT2D eigenvalue weighted by Crippen LogP contribution is 2.27. The van der Waals surface area contributed by atoms with Crippen LogP contribution < -0.4 is 5.32 Å². The maximum Gasteiger partial charge on any atom is 0.163 e. The topological polar surface area (TPSA) is 29.1 Å². The van der Waals surface area contributed by atoms with Crippen molar-refractivity contribution in [1.29, 1.82) is 0 Å². The predicted molar refractivity (Wildman–Crippen MR) is 78.9 cm³/mol. The molecule has 0 spiro atoms. The smallest absolute Gasteiger partial charge is 0.163 e. The lowest BCUT2D eigenvalue weighted by Gasteiger charge is -2.19. The van der Waals surface area contributed by atoms with E-state index < -0.39 is 0 Å². The molecule has 0 bridgehead atoms. The molecule has 4 heteroatoms. The maximum atomic E-state index is 11.9. The van der Waals surface area contributed by atoms with E-state index in [0.29, 0.717) is 5.02 Å². The van der Waals surface area contributed by atoms with Crippen molar-refractivity contribution in [3.8, 4) is 0 Å². The van der Waals surface area contributed by atoms with Crippen LogP contribution in [0.3, 0.4) is 0 Å². The minimum Gasteiger partial charge on any atom is -0.361 e. The van der Waals surface area contributed by atoms with E-state index >= 15 is 0 Å². The molecule has 0 radical (unpaired) electrons. The van der Waals surface area contributed by atoms with Gasteiger partial charge in [0.25, 0.3) is 0 Å². The van der Waals surface area contributed by atoms with Crippen molar-refractivity contribution in [2.75, 3.05) is 5.32 Å². The summed E-state index contributed by atoms with van der Waals surface area (Å²) in [7, 11) is 0. The number of hydrogen-bond donors (Lipinski definition) is 1. The zero-order valence-corrected chi connectivity index (χ0v) is 12.5. The summed E-state index contributed by atoms with van der Waals surface area (Å²) in [6, 6.07) is 5.64. The summed E-state index contributed by atoms with van der Waals surface area (Å²) in [4.78, 5) is 11.9. The first-order valence-corrected chi connectivity index (χ1v) is 7.20. The molecule has 0 saturated heterocycles. The van der Waals surface area contributed by atoms with Crippen LogP contribution in [0.1, 0.15) is 26.2 Å². The molecule has 1 aliphatic carbocycles. The molecular formula is C14H15BrClNO. The van der Waals surface area contributed by atoms with Crippen LogP contribution in [-0.4, -0.2) is 5.78 Å². The van der Waals surface area contributed by atoms with Crippen molar-refractivity contribution in [2.24, 2.45) is 5.92 Å². The zero-order valence-electron chi connectivity index (χ0n) is 10.2. The summed E-state index contributed by atoms with van der Waals surface area (Å²) in [5.74, 6) is 0.414. The molecule has 0 amide bonds. The van der Waals surface area contributed by atoms with Gasteiger partial charge in [-0.05, 0) is 53.4 Å². The molecule has 1 N–H and O–H groups in total. The average molecular weight is 329 g/mol. The molecule has 0 aliphatic heterocycles. The van der Waals surface area contributed by atoms with E-state index in [4.69, 9.17) is 11.6 Å². The van der Waals surface area contributed by atoms with E-state index in [1.807, 2.05) is 31.3 Å². The number of carbonyl (C=O) groups excluding carboxylic acids is 1.